The second-order valence-corrected chi connectivity index (χ2v) is 7.09. The molecule has 0 saturated heterocycles. The van der Waals surface area contributed by atoms with E-state index in [0.29, 0.717) is 26.6 Å². The number of hydrogen-bond donors (Lipinski definition) is 2. The Morgan fingerprint density at radius 3 is 2.80 bits per heavy atom. The number of hydrogen-bond acceptors (Lipinski definition) is 2. The Morgan fingerprint density at radius 1 is 1.32 bits per heavy atom. The molecule has 0 spiro atoms. The molecule has 0 fully saturated rings. The molecule has 0 aliphatic carbocycles. The fourth-order valence-corrected chi connectivity index (χ4v) is 3.78. The number of carbonyl (C=O) groups is 1. The summed E-state index contributed by atoms with van der Waals surface area (Å²) in [5.74, 6) is 0.249. The summed E-state index contributed by atoms with van der Waals surface area (Å²) in [6.07, 6.45) is 4.01. The van der Waals surface area contributed by atoms with Crippen LogP contribution in [0.3, 0.4) is 0 Å². The quantitative estimate of drug-likeness (QED) is 0.515. The number of fused-ring (bicyclic) bond motifs is 1. The molecule has 0 saturated carbocycles. The molecular formula is C19H17BrClNO3. The number of benzene rings is 2. The maximum Gasteiger partial charge on any atom is 0.307 e. The molecule has 0 atom stereocenters. The van der Waals surface area contributed by atoms with Crippen molar-refractivity contribution < 1.29 is 14.6 Å². The molecule has 0 aliphatic rings. The highest BCUT2D eigenvalue weighted by Gasteiger charge is 2.13. The van der Waals surface area contributed by atoms with Crippen LogP contribution in [0.2, 0.25) is 5.02 Å². The van der Waals surface area contributed by atoms with Crippen LogP contribution in [0.4, 0.5) is 0 Å². The van der Waals surface area contributed by atoms with E-state index in [4.69, 9.17) is 21.4 Å². The summed E-state index contributed by atoms with van der Waals surface area (Å²) in [6.45, 7) is 2.15. The van der Waals surface area contributed by atoms with Gasteiger partial charge >= 0.3 is 5.97 Å². The minimum Gasteiger partial charge on any atom is -0.481 e. The van der Waals surface area contributed by atoms with Crippen molar-refractivity contribution in [2.75, 3.05) is 0 Å². The molecule has 25 heavy (non-hydrogen) atoms. The maximum atomic E-state index is 10.9. The van der Waals surface area contributed by atoms with E-state index in [1.807, 2.05) is 24.4 Å². The molecule has 0 bridgehead atoms. The van der Waals surface area contributed by atoms with Gasteiger partial charge < -0.3 is 14.8 Å². The highest BCUT2D eigenvalue weighted by molar-refractivity contribution is 9.10. The number of aromatic nitrogens is 1. The third-order valence-electron chi connectivity index (χ3n) is 3.89. The zero-order valence-electron chi connectivity index (χ0n) is 13.6. The Balaban J connectivity index is 1.92. The molecule has 1 aromatic heterocycles. The molecule has 3 rings (SSSR count). The first kappa shape index (κ1) is 17.8. The van der Waals surface area contributed by atoms with Gasteiger partial charge in [-0.1, -0.05) is 24.9 Å². The van der Waals surface area contributed by atoms with Crippen LogP contribution in [-0.2, 0) is 17.6 Å². The molecular weight excluding hydrogens is 406 g/mol. The minimum absolute atomic E-state index is 0.0890. The summed E-state index contributed by atoms with van der Waals surface area (Å²) in [6, 6.07) is 9.18. The largest absolute Gasteiger partial charge is 0.481 e. The highest BCUT2D eigenvalue weighted by Crippen LogP contribution is 2.38. The monoisotopic (exact) mass is 421 g/mol. The number of nitrogens with one attached hydrogen (secondary N) is 1. The van der Waals surface area contributed by atoms with Crippen molar-refractivity contribution in [1.82, 2.24) is 4.98 Å². The van der Waals surface area contributed by atoms with E-state index in [-0.39, 0.29) is 6.42 Å². The fourth-order valence-electron chi connectivity index (χ4n) is 2.80. The van der Waals surface area contributed by atoms with Crippen molar-refractivity contribution in [2.24, 2.45) is 0 Å². The van der Waals surface area contributed by atoms with Gasteiger partial charge in [0, 0.05) is 17.1 Å². The van der Waals surface area contributed by atoms with E-state index >= 15 is 0 Å². The first-order valence-electron chi connectivity index (χ1n) is 7.95. The van der Waals surface area contributed by atoms with Crippen molar-refractivity contribution in [3.05, 3.63) is 57.2 Å². The van der Waals surface area contributed by atoms with Gasteiger partial charge in [-0.25, -0.2) is 0 Å². The number of aromatic amines is 1. The van der Waals surface area contributed by atoms with Gasteiger partial charge in [-0.15, -0.1) is 0 Å². The molecule has 2 aromatic carbocycles. The maximum absolute atomic E-state index is 10.9. The summed E-state index contributed by atoms with van der Waals surface area (Å²) in [5.41, 5.74) is 2.94. The second kappa shape index (κ2) is 7.50. The average Bonchev–Trinajstić information content (AvgIpc) is 2.93. The summed E-state index contributed by atoms with van der Waals surface area (Å²) < 4.78 is 6.59. The summed E-state index contributed by atoms with van der Waals surface area (Å²) in [5, 5.41) is 10.4. The molecule has 0 radical (unpaired) electrons. The molecule has 2 N–H and O–H groups in total. The Kier molecular flexibility index (Phi) is 5.35. The molecule has 6 heteroatoms. The lowest BCUT2D eigenvalue weighted by atomic mass is 10.1. The first-order valence-corrected chi connectivity index (χ1v) is 9.12. The third kappa shape index (κ3) is 3.99. The van der Waals surface area contributed by atoms with Crippen molar-refractivity contribution in [3.8, 4) is 11.5 Å². The number of halogens is 2. The molecule has 3 aromatic rings. The van der Waals surface area contributed by atoms with Gasteiger partial charge in [0.2, 0.25) is 0 Å². The van der Waals surface area contributed by atoms with E-state index < -0.39 is 5.97 Å². The second-order valence-electron chi connectivity index (χ2n) is 5.83. The Labute approximate surface area is 158 Å². The van der Waals surface area contributed by atoms with Crippen molar-refractivity contribution in [3.63, 3.8) is 0 Å². The van der Waals surface area contributed by atoms with Gasteiger partial charge in [0.25, 0.3) is 0 Å². The van der Waals surface area contributed by atoms with Crippen molar-refractivity contribution in [1.29, 1.82) is 0 Å². The lowest BCUT2D eigenvalue weighted by Crippen LogP contribution is -2.00. The lowest BCUT2D eigenvalue weighted by Gasteiger charge is -2.12. The average molecular weight is 423 g/mol. The van der Waals surface area contributed by atoms with Crippen LogP contribution in [0.1, 0.15) is 24.5 Å². The van der Waals surface area contributed by atoms with E-state index in [9.17, 15) is 4.79 Å². The van der Waals surface area contributed by atoms with Gasteiger partial charge in [0.1, 0.15) is 5.75 Å². The number of aliphatic carboxylic acids is 1. The van der Waals surface area contributed by atoms with E-state index in [2.05, 4.69) is 27.8 Å². The molecule has 0 unspecified atom stereocenters. The Hall–Kier alpha value is -1.98. The van der Waals surface area contributed by atoms with Crippen LogP contribution in [0.25, 0.3) is 10.9 Å². The smallest absolute Gasteiger partial charge is 0.307 e. The third-order valence-corrected chi connectivity index (χ3v) is 4.76. The van der Waals surface area contributed by atoms with Crippen molar-refractivity contribution in [2.45, 2.75) is 26.2 Å². The molecule has 1 heterocycles. The number of carboxylic acids is 1. The molecule has 0 amide bonds. The number of ether oxygens (including phenoxy) is 1. The lowest BCUT2D eigenvalue weighted by molar-refractivity contribution is -0.136. The first-order chi connectivity index (χ1) is 12.0. The van der Waals surface area contributed by atoms with Crippen LogP contribution in [0.5, 0.6) is 11.5 Å². The number of carboxylic acid groups (broad SMARTS) is 1. The predicted molar refractivity (Wildman–Crippen MR) is 103 cm³/mol. The van der Waals surface area contributed by atoms with Crippen molar-refractivity contribution >= 4 is 44.4 Å². The van der Waals surface area contributed by atoms with Crippen LogP contribution in [0.15, 0.2) is 41.0 Å². The van der Waals surface area contributed by atoms with Gasteiger partial charge in [-0.05, 0) is 63.8 Å². The number of aryl methyl sites for hydroxylation is 1. The van der Waals surface area contributed by atoms with Gasteiger partial charge in [0.05, 0.1) is 15.9 Å². The predicted octanol–water partition coefficient (Wildman–Crippen LogP) is 5.96. The summed E-state index contributed by atoms with van der Waals surface area (Å²) in [7, 11) is 0. The van der Waals surface area contributed by atoms with Gasteiger partial charge in [-0.3, -0.25) is 4.79 Å². The Morgan fingerprint density at radius 2 is 2.12 bits per heavy atom. The molecule has 0 aliphatic heterocycles. The van der Waals surface area contributed by atoms with E-state index in [1.165, 1.54) is 5.56 Å². The van der Waals surface area contributed by atoms with Crippen LogP contribution >= 0.6 is 27.5 Å². The normalized spacial score (nSPS) is 11.0. The topological polar surface area (TPSA) is 62.3 Å². The Bertz CT molecular complexity index is 913. The summed E-state index contributed by atoms with van der Waals surface area (Å²) in [4.78, 5) is 14.1. The standard InChI is InChI=1S/C19H17BrClNO3/c1-2-3-12-10-22-17-5-4-13(9-14(12)17)25-19-15(20)6-11(7-16(19)21)8-18(23)24/h4-7,9-10,22H,2-3,8H2,1H3,(H,23,24). The van der Waals surface area contributed by atoms with Gasteiger partial charge in [-0.2, -0.15) is 0 Å². The highest BCUT2D eigenvalue weighted by atomic mass is 79.9. The van der Waals surface area contributed by atoms with Gasteiger partial charge in [0.15, 0.2) is 5.75 Å². The zero-order valence-corrected chi connectivity index (χ0v) is 15.9. The zero-order chi connectivity index (χ0) is 18.0. The number of rotatable bonds is 6. The molecule has 4 nitrogen and oxygen atoms in total. The minimum atomic E-state index is -0.905. The van der Waals surface area contributed by atoms with Crippen LogP contribution in [0, 0.1) is 0 Å². The molecule has 130 valence electrons. The van der Waals surface area contributed by atoms with E-state index in [0.717, 1.165) is 23.7 Å². The van der Waals surface area contributed by atoms with E-state index in [1.54, 1.807) is 12.1 Å². The number of H-pyrrole nitrogens is 1. The summed E-state index contributed by atoms with van der Waals surface area (Å²) >= 11 is 9.71. The van der Waals surface area contributed by atoms with Crippen LogP contribution < -0.4 is 4.74 Å². The van der Waals surface area contributed by atoms with Crippen LogP contribution in [-0.4, -0.2) is 16.1 Å². The SMILES string of the molecule is CCCc1c[nH]c2ccc(Oc3c(Cl)cc(CC(=O)O)cc3Br)cc12. The fraction of sp³-hybridized carbons (Fsp3) is 0.211.